The van der Waals surface area contributed by atoms with Crippen LogP contribution >= 0.6 is 11.3 Å². The maximum atomic E-state index is 12.0. The Morgan fingerprint density at radius 1 is 1.56 bits per heavy atom. The van der Waals surface area contributed by atoms with Crippen molar-refractivity contribution in [2.45, 2.75) is 19.9 Å². The molecule has 0 aromatic carbocycles. The molecule has 0 saturated heterocycles. The first-order valence-electron chi connectivity index (χ1n) is 6.08. The van der Waals surface area contributed by atoms with E-state index in [0.29, 0.717) is 19.7 Å². The largest absolute Gasteiger partial charge is 0.383 e. The first-order chi connectivity index (χ1) is 8.56. The Labute approximate surface area is 113 Å². The highest BCUT2D eigenvalue weighted by Crippen LogP contribution is 2.26. The Hall–Kier alpha value is -0.910. The van der Waals surface area contributed by atoms with Gasteiger partial charge in [-0.15, -0.1) is 11.3 Å². The van der Waals surface area contributed by atoms with Crippen LogP contribution in [0, 0.1) is 6.92 Å². The Balaban J connectivity index is 2.43. The van der Waals surface area contributed by atoms with Crippen molar-refractivity contribution in [3.8, 4) is 0 Å². The van der Waals surface area contributed by atoms with E-state index in [0.717, 1.165) is 0 Å². The summed E-state index contributed by atoms with van der Waals surface area (Å²) in [6.45, 7) is 5.81. The van der Waals surface area contributed by atoms with Gasteiger partial charge < -0.3 is 15.0 Å². The molecule has 4 nitrogen and oxygen atoms in total. The molecule has 0 fully saturated rings. The minimum Gasteiger partial charge on any atom is -0.383 e. The van der Waals surface area contributed by atoms with E-state index < -0.39 is 0 Å². The summed E-state index contributed by atoms with van der Waals surface area (Å²) in [7, 11) is 3.50. The number of hydrogen-bond acceptors (Lipinski definition) is 4. The van der Waals surface area contributed by atoms with Crippen LogP contribution in [0.4, 0.5) is 0 Å². The number of nitrogens with zero attached hydrogens (tertiary/aromatic N) is 1. The number of rotatable bonds is 7. The van der Waals surface area contributed by atoms with Crippen molar-refractivity contribution in [1.29, 1.82) is 0 Å². The average Bonchev–Trinajstić information content (AvgIpc) is 2.79. The van der Waals surface area contributed by atoms with Gasteiger partial charge in [0.2, 0.25) is 5.91 Å². The number of thiophene rings is 1. The van der Waals surface area contributed by atoms with Crippen LogP contribution in [0.15, 0.2) is 12.1 Å². The van der Waals surface area contributed by atoms with Crippen molar-refractivity contribution in [3.63, 3.8) is 0 Å². The van der Waals surface area contributed by atoms with Crippen molar-refractivity contribution >= 4 is 17.2 Å². The number of methoxy groups -OCH3 is 1. The van der Waals surface area contributed by atoms with E-state index in [-0.39, 0.29) is 11.9 Å². The lowest BCUT2D eigenvalue weighted by molar-refractivity contribution is -0.130. The molecule has 1 rings (SSSR count). The first kappa shape index (κ1) is 15.1. The van der Waals surface area contributed by atoms with Gasteiger partial charge in [-0.1, -0.05) is 0 Å². The van der Waals surface area contributed by atoms with E-state index in [2.05, 4.69) is 31.3 Å². The summed E-state index contributed by atoms with van der Waals surface area (Å²) in [6, 6.07) is 4.30. The molecule has 1 heterocycles. The van der Waals surface area contributed by atoms with Gasteiger partial charge in [0.1, 0.15) is 0 Å². The van der Waals surface area contributed by atoms with E-state index in [1.54, 1.807) is 23.3 Å². The fourth-order valence-corrected chi connectivity index (χ4v) is 2.55. The van der Waals surface area contributed by atoms with Gasteiger partial charge in [-0.3, -0.25) is 4.79 Å². The van der Waals surface area contributed by atoms with Gasteiger partial charge in [0.15, 0.2) is 0 Å². The number of nitrogens with one attached hydrogen (secondary N) is 1. The standard InChI is InChI=1S/C13H22N2O2S/c1-10-5-6-12(18-10)11(2)15(3)13(16)9-14-7-8-17-4/h5-6,11,14H,7-9H2,1-4H3. The van der Waals surface area contributed by atoms with Crippen LogP contribution in [0.25, 0.3) is 0 Å². The van der Waals surface area contributed by atoms with E-state index >= 15 is 0 Å². The van der Waals surface area contributed by atoms with Gasteiger partial charge in [-0.2, -0.15) is 0 Å². The number of amides is 1. The molecule has 0 radical (unpaired) electrons. The highest BCUT2D eigenvalue weighted by atomic mass is 32.1. The topological polar surface area (TPSA) is 41.6 Å². The van der Waals surface area contributed by atoms with Crippen LogP contribution in [0.2, 0.25) is 0 Å². The van der Waals surface area contributed by atoms with Gasteiger partial charge in [0.25, 0.3) is 0 Å². The van der Waals surface area contributed by atoms with Crippen LogP contribution in [0.1, 0.15) is 22.7 Å². The predicted molar refractivity (Wildman–Crippen MR) is 75.0 cm³/mol. The Morgan fingerprint density at radius 3 is 2.83 bits per heavy atom. The van der Waals surface area contributed by atoms with Gasteiger partial charge in [0, 0.05) is 30.5 Å². The molecule has 1 N–H and O–H groups in total. The first-order valence-corrected chi connectivity index (χ1v) is 6.89. The number of carbonyl (C=O) groups is 1. The molecule has 1 aromatic rings. The van der Waals surface area contributed by atoms with E-state index in [1.807, 2.05) is 7.05 Å². The third kappa shape index (κ3) is 4.40. The molecule has 102 valence electrons. The van der Waals surface area contributed by atoms with Crippen molar-refractivity contribution in [1.82, 2.24) is 10.2 Å². The smallest absolute Gasteiger partial charge is 0.236 e. The molecule has 5 heteroatoms. The summed E-state index contributed by atoms with van der Waals surface area (Å²) >= 11 is 1.74. The lowest BCUT2D eigenvalue weighted by Gasteiger charge is -2.24. The summed E-state index contributed by atoms with van der Waals surface area (Å²) in [5, 5.41) is 3.07. The molecule has 1 unspecified atom stereocenters. The molecule has 0 aliphatic carbocycles. The number of aryl methyl sites for hydroxylation is 1. The quantitative estimate of drug-likeness (QED) is 0.768. The van der Waals surface area contributed by atoms with E-state index in [4.69, 9.17) is 4.74 Å². The van der Waals surface area contributed by atoms with Crippen molar-refractivity contribution < 1.29 is 9.53 Å². The summed E-state index contributed by atoms with van der Waals surface area (Å²) in [4.78, 5) is 16.2. The third-order valence-electron chi connectivity index (χ3n) is 2.91. The second kappa shape index (κ2) is 7.51. The second-order valence-electron chi connectivity index (χ2n) is 4.30. The molecule has 0 aliphatic rings. The summed E-state index contributed by atoms with van der Waals surface area (Å²) in [6.07, 6.45) is 0. The predicted octanol–water partition coefficient (Wildman–Crippen LogP) is 1.81. The summed E-state index contributed by atoms with van der Waals surface area (Å²) in [5.74, 6) is 0.102. The number of likely N-dealkylation sites (N-methyl/N-ethyl adjacent to an activating group) is 1. The lowest BCUT2D eigenvalue weighted by atomic mass is 10.2. The van der Waals surface area contributed by atoms with Gasteiger partial charge in [-0.05, 0) is 26.0 Å². The summed E-state index contributed by atoms with van der Waals surface area (Å²) < 4.78 is 4.92. The zero-order chi connectivity index (χ0) is 13.5. The Kier molecular flexibility index (Phi) is 6.32. The normalized spacial score (nSPS) is 12.4. The highest BCUT2D eigenvalue weighted by Gasteiger charge is 2.17. The average molecular weight is 270 g/mol. The third-order valence-corrected chi connectivity index (χ3v) is 4.08. The zero-order valence-corrected chi connectivity index (χ0v) is 12.3. The fraction of sp³-hybridized carbons (Fsp3) is 0.615. The Morgan fingerprint density at radius 2 is 2.28 bits per heavy atom. The number of hydrogen-bond donors (Lipinski definition) is 1. The highest BCUT2D eigenvalue weighted by molar-refractivity contribution is 7.12. The van der Waals surface area contributed by atoms with Crippen LogP contribution in [0.3, 0.4) is 0 Å². The van der Waals surface area contributed by atoms with E-state index in [1.165, 1.54) is 9.75 Å². The van der Waals surface area contributed by atoms with Gasteiger partial charge in [0.05, 0.1) is 19.2 Å². The molecular formula is C13H22N2O2S. The molecule has 1 aromatic heterocycles. The number of ether oxygens (including phenoxy) is 1. The zero-order valence-electron chi connectivity index (χ0n) is 11.5. The van der Waals surface area contributed by atoms with Gasteiger partial charge >= 0.3 is 0 Å². The minimum absolute atomic E-state index is 0.102. The van der Waals surface area contributed by atoms with Gasteiger partial charge in [-0.25, -0.2) is 0 Å². The molecule has 0 spiro atoms. The fourth-order valence-electron chi connectivity index (χ4n) is 1.58. The van der Waals surface area contributed by atoms with E-state index in [9.17, 15) is 4.79 Å². The lowest BCUT2D eigenvalue weighted by Crippen LogP contribution is -2.37. The van der Waals surface area contributed by atoms with Crippen LogP contribution in [-0.2, 0) is 9.53 Å². The minimum atomic E-state index is 0.102. The van der Waals surface area contributed by atoms with Crippen molar-refractivity contribution in [2.75, 3.05) is 33.9 Å². The molecule has 0 bridgehead atoms. The molecule has 1 amide bonds. The molecule has 1 atom stereocenters. The maximum Gasteiger partial charge on any atom is 0.236 e. The molecular weight excluding hydrogens is 248 g/mol. The summed E-state index contributed by atoms with van der Waals surface area (Å²) in [5.41, 5.74) is 0. The van der Waals surface area contributed by atoms with Crippen molar-refractivity contribution in [2.24, 2.45) is 0 Å². The second-order valence-corrected chi connectivity index (χ2v) is 5.62. The van der Waals surface area contributed by atoms with Crippen LogP contribution in [0.5, 0.6) is 0 Å². The molecule has 0 saturated carbocycles. The maximum absolute atomic E-state index is 12.0. The van der Waals surface area contributed by atoms with Crippen molar-refractivity contribution in [3.05, 3.63) is 21.9 Å². The monoisotopic (exact) mass is 270 g/mol. The van der Waals surface area contributed by atoms with Crippen LogP contribution in [-0.4, -0.2) is 44.7 Å². The molecule has 0 aliphatic heterocycles. The Bertz CT molecular complexity index is 379. The molecule has 18 heavy (non-hydrogen) atoms. The van der Waals surface area contributed by atoms with Crippen LogP contribution < -0.4 is 5.32 Å². The number of carbonyl (C=O) groups excluding carboxylic acids is 1. The SMILES string of the molecule is COCCNCC(=O)N(C)C(C)c1ccc(C)s1.